The lowest BCUT2D eigenvalue weighted by atomic mass is 10.0. The van der Waals surface area contributed by atoms with E-state index in [0.29, 0.717) is 17.9 Å². The summed E-state index contributed by atoms with van der Waals surface area (Å²) in [4.78, 5) is 28.3. The normalized spacial score (nSPS) is 15.4. The molecule has 1 atom stereocenters. The number of rotatable bonds is 5. The molecule has 28 heavy (non-hydrogen) atoms. The number of anilines is 2. The Kier molecular flexibility index (Phi) is 10.3. The third kappa shape index (κ3) is 7.34. The molecule has 3 amide bonds. The van der Waals surface area contributed by atoms with Gasteiger partial charge in [-0.1, -0.05) is 12.5 Å². The number of carbonyl (C=O) groups is 2. The van der Waals surface area contributed by atoms with Crippen LogP contribution in [0.15, 0.2) is 48.8 Å². The Morgan fingerprint density at radius 1 is 1.04 bits per heavy atom. The van der Waals surface area contributed by atoms with Crippen LogP contribution in [0.4, 0.5) is 16.2 Å². The molecule has 1 aromatic heterocycles. The van der Waals surface area contributed by atoms with E-state index in [9.17, 15) is 9.59 Å². The Morgan fingerprint density at radius 2 is 1.75 bits per heavy atom. The molecule has 0 bridgehead atoms. The summed E-state index contributed by atoms with van der Waals surface area (Å²) < 4.78 is 0. The molecule has 0 saturated carbocycles. The average Bonchev–Trinajstić information content (AvgIpc) is 2.68. The van der Waals surface area contributed by atoms with Gasteiger partial charge in [0.25, 0.3) is 0 Å². The highest BCUT2D eigenvalue weighted by atomic mass is 35.5. The van der Waals surface area contributed by atoms with Gasteiger partial charge in [-0.15, -0.1) is 24.8 Å². The Labute approximate surface area is 176 Å². The quantitative estimate of drug-likeness (QED) is 0.590. The highest BCUT2D eigenvalue weighted by Crippen LogP contribution is 2.16. The zero-order valence-electron chi connectivity index (χ0n) is 15.3. The fourth-order valence-corrected chi connectivity index (χ4v) is 2.84. The first-order valence-electron chi connectivity index (χ1n) is 8.79. The van der Waals surface area contributed by atoms with Crippen LogP contribution >= 0.6 is 24.8 Å². The number of carbonyl (C=O) groups excluding carboxylic acids is 2. The molecule has 1 aliphatic heterocycles. The number of nitrogens with one attached hydrogen (secondary N) is 4. The second-order valence-corrected chi connectivity index (χ2v) is 6.24. The molecule has 1 saturated heterocycles. The summed E-state index contributed by atoms with van der Waals surface area (Å²) in [7, 11) is 0. The predicted molar refractivity (Wildman–Crippen MR) is 115 cm³/mol. The zero-order chi connectivity index (χ0) is 18.2. The number of pyridine rings is 1. The van der Waals surface area contributed by atoms with Crippen molar-refractivity contribution >= 4 is 48.1 Å². The summed E-state index contributed by atoms with van der Waals surface area (Å²) in [5, 5.41) is 11.7. The first kappa shape index (κ1) is 23.7. The first-order valence-corrected chi connectivity index (χ1v) is 8.79. The molecule has 2 aromatic rings. The van der Waals surface area contributed by atoms with Crippen LogP contribution in [0.25, 0.3) is 0 Å². The maximum Gasteiger partial charge on any atom is 0.319 e. The third-order valence-electron chi connectivity index (χ3n) is 4.22. The Hall–Kier alpha value is -2.35. The zero-order valence-corrected chi connectivity index (χ0v) is 16.9. The molecule has 7 nitrogen and oxygen atoms in total. The van der Waals surface area contributed by atoms with Gasteiger partial charge >= 0.3 is 6.03 Å². The molecular formula is C19H25Cl2N5O2. The van der Waals surface area contributed by atoms with Crippen LogP contribution in [-0.4, -0.2) is 29.5 Å². The van der Waals surface area contributed by atoms with E-state index in [0.717, 1.165) is 31.4 Å². The summed E-state index contributed by atoms with van der Waals surface area (Å²) in [6.45, 7) is 1.29. The topological polar surface area (TPSA) is 95.2 Å². The van der Waals surface area contributed by atoms with Crippen molar-refractivity contribution in [3.8, 4) is 0 Å². The lowest BCUT2D eigenvalue weighted by Gasteiger charge is -2.22. The second kappa shape index (κ2) is 12.2. The van der Waals surface area contributed by atoms with E-state index in [4.69, 9.17) is 0 Å². The molecule has 0 aliphatic carbocycles. The minimum atomic E-state index is -0.306. The summed E-state index contributed by atoms with van der Waals surface area (Å²) in [6, 6.07) is 10.4. The summed E-state index contributed by atoms with van der Waals surface area (Å²) in [6.07, 6.45) is 6.38. The van der Waals surface area contributed by atoms with Gasteiger partial charge in [0.1, 0.15) is 0 Å². The van der Waals surface area contributed by atoms with Crippen molar-refractivity contribution < 1.29 is 9.59 Å². The molecule has 9 heteroatoms. The van der Waals surface area contributed by atoms with E-state index in [2.05, 4.69) is 26.3 Å². The van der Waals surface area contributed by atoms with Crippen molar-refractivity contribution in [2.24, 2.45) is 0 Å². The maximum atomic E-state index is 12.3. The Balaban J connectivity index is 0.00000196. The van der Waals surface area contributed by atoms with Gasteiger partial charge in [0.05, 0.1) is 6.04 Å². The molecule has 0 unspecified atom stereocenters. The van der Waals surface area contributed by atoms with Gasteiger partial charge in [-0.2, -0.15) is 0 Å². The van der Waals surface area contributed by atoms with Crippen LogP contribution in [0, 0.1) is 0 Å². The smallest absolute Gasteiger partial charge is 0.319 e. The molecule has 3 rings (SSSR count). The van der Waals surface area contributed by atoms with Crippen LogP contribution in [0.1, 0.15) is 24.8 Å². The van der Waals surface area contributed by atoms with Crippen LogP contribution < -0.4 is 21.3 Å². The largest absolute Gasteiger partial charge is 0.334 e. The van der Waals surface area contributed by atoms with Crippen molar-refractivity contribution in [2.45, 2.75) is 31.8 Å². The fourth-order valence-electron chi connectivity index (χ4n) is 2.84. The van der Waals surface area contributed by atoms with Crippen LogP contribution in [-0.2, 0) is 11.3 Å². The minimum absolute atomic E-state index is 0. The van der Waals surface area contributed by atoms with E-state index in [1.54, 1.807) is 36.7 Å². The SMILES string of the molecule is Cl.Cl.O=C(NCc1ccncc1)Nc1cccc(NC(=O)[C@H]2CCCCN2)c1. The van der Waals surface area contributed by atoms with E-state index >= 15 is 0 Å². The van der Waals surface area contributed by atoms with Gasteiger partial charge in [-0.05, 0) is 55.3 Å². The van der Waals surface area contributed by atoms with E-state index in [1.807, 2.05) is 12.1 Å². The summed E-state index contributed by atoms with van der Waals surface area (Å²) in [5.41, 5.74) is 2.25. The first-order chi connectivity index (χ1) is 12.7. The van der Waals surface area contributed by atoms with Crippen molar-refractivity contribution in [1.29, 1.82) is 0 Å². The van der Waals surface area contributed by atoms with E-state index in [-0.39, 0.29) is 42.8 Å². The molecule has 2 heterocycles. The van der Waals surface area contributed by atoms with Crippen LogP contribution in [0.2, 0.25) is 0 Å². The average molecular weight is 426 g/mol. The van der Waals surface area contributed by atoms with Crippen molar-refractivity contribution in [2.75, 3.05) is 17.2 Å². The number of hydrogen-bond donors (Lipinski definition) is 4. The second-order valence-electron chi connectivity index (χ2n) is 6.24. The van der Waals surface area contributed by atoms with Gasteiger partial charge < -0.3 is 21.3 Å². The molecule has 1 aliphatic rings. The third-order valence-corrected chi connectivity index (χ3v) is 4.22. The fraction of sp³-hybridized carbons (Fsp3) is 0.316. The predicted octanol–water partition coefficient (Wildman–Crippen LogP) is 3.33. The van der Waals surface area contributed by atoms with Gasteiger partial charge in [-0.25, -0.2) is 4.79 Å². The molecular weight excluding hydrogens is 401 g/mol. The lowest BCUT2D eigenvalue weighted by molar-refractivity contribution is -0.118. The van der Waals surface area contributed by atoms with Gasteiger partial charge in [0.15, 0.2) is 0 Å². The molecule has 1 fully saturated rings. The number of nitrogens with zero attached hydrogens (tertiary/aromatic N) is 1. The van der Waals surface area contributed by atoms with Gasteiger partial charge in [-0.3, -0.25) is 9.78 Å². The van der Waals surface area contributed by atoms with Crippen molar-refractivity contribution in [3.05, 3.63) is 54.4 Å². The summed E-state index contributed by atoms with van der Waals surface area (Å²) in [5.74, 6) is -0.0380. The molecule has 0 radical (unpaired) electrons. The number of halogens is 2. The molecule has 1 aromatic carbocycles. The number of piperidine rings is 1. The van der Waals surface area contributed by atoms with E-state index in [1.165, 1.54) is 0 Å². The molecule has 152 valence electrons. The van der Waals surface area contributed by atoms with Crippen molar-refractivity contribution in [1.82, 2.24) is 15.6 Å². The number of hydrogen-bond acceptors (Lipinski definition) is 4. The highest BCUT2D eigenvalue weighted by molar-refractivity contribution is 5.96. The molecule has 0 spiro atoms. The minimum Gasteiger partial charge on any atom is -0.334 e. The van der Waals surface area contributed by atoms with E-state index < -0.39 is 0 Å². The maximum absolute atomic E-state index is 12.3. The lowest BCUT2D eigenvalue weighted by Crippen LogP contribution is -2.43. The van der Waals surface area contributed by atoms with Gasteiger partial charge in [0, 0.05) is 30.3 Å². The number of aromatic nitrogens is 1. The monoisotopic (exact) mass is 425 g/mol. The van der Waals surface area contributed by atoms with Crippen LogP contribution in [0.5, 0.6) is 0 Å². The van der Waals surface area contributed by atoms with Crippen molar-refractivity contribution in [3.63, 3.8) is 0 Å². The van der Waals surface area contributed by atoms with Crippen LogP contribution in [0.3, 0.4) is 0 Å². The summed E-state index contributed by atoms with van der Waals surface area (Å²) >= 11 is 0. The number of urea groups is 1. The highest BCUT2D eigenvalue weighted by Gasteiger charge is 2.20. The van der Waals surface area contributed by atoms with Gasteiger partial charge in [0.2, 0.25) is 5.91 Å². The molecule has 4 N–H and O–H groups in total. The number of benzene rings is 1. The number of amides is 3. The standard InChI is InChI=1S/C19H23N5O2.2ClH/c25-18(17-6-1-2-9-21-17)23-15-4-3-5-16(12-15)24-19(26)22-13-14-7-10-20-11-8-14;;/h3-5,7-8,10-12,17,21H,1-2,6,9,13H2,(H,23,25)(H2,22,24,26);2*1H/t17-;;/m1../s1. The Bertz CT molecular complexity index is 755. The Morgan fingerprint density at radius 3 is 2.43 bits per heavy atom.